The van der Waals surface area contributed by atoms with E-state index in [2.05, 4.69) is 60.8 Å². The molecule has 17 heavy (non-hydrogen) atoms. The molecule has 0 spiro atoms. The Morgan fingerprint density at radius 3 is 2.94 bits per heavy atom. The van der Waals surface area contributed by atoms with Crippen LogP contribution in [0.15, 0.2) is 24.3 Å². The second kappa shape index (κ2) is 5.32. The van der Waals surface area contributed by atoms with Gasteiger partial charge in [-0.05, 0) is 32.4 Å². The maximum atomic E-state index is 4.34. The minimum atomic E-state index is 0.442. The highest BCUT2D eigenvalue weighted by molar-refractivity contribution is 7.09. The molecule has 1 aromatic carbocycles. The molecule has 0 fully saturated rings. The number of nitrogens with one attached hydrogen (secondary N) is 1. The molecule has 0 aliphatic rings. The Morgan fingerprint density at radius 2 is 2.24 bits per heavy atom. The first-order valence-electron chi connectivity index (χ1n) is 5.93. The molecule has 1 radical (unpaired) electrons. The monoisotopic (exact) mass is 245 g/mol. The van der Waals surface area contributed by atoms with E-state index in [1.807, 2.05) is 0 Å². The summed E-state index contributed by atoms with van der Waals surface area (Å²) in [6.07, 6.45) is 1.01. The molecule has 1 aromatic heterocycles. The number of benzene rings is 1. The molecule has 0 bridgehead atoms. The van der Waals surface area contributed by atoms with Crippen LogP contribution in [0.2, 0.25) is 0 Å². The van der Waals surface area contributed by atoms with Gasteiger partial charge >= 0.3 is 0 Å². The van der Waals surface area contributed by atoms with Gasteiger partial charge in [-0.15, -0.1) is 11.3 Å². The van der Waals surface area contributed by atoms with Crippen molar-refractivity contribution in [2.75, 3.05) is 5.32 Å². The van der Waals surface area contributed by atoms with Gasteiger partial charge < -0.3 is 5.32 Å². The topological polar surface area (TPSA) is 24.9 Å². The number of aromatic nitrogens is 1. The number of hydrogen-bond acceptors (Lipinski definition) is 3. The van der Waals surface area contributed by atoms with Gasteiger partial charge in [0.15, 0.2) is 5.51 Å². The molecular weight excluding hydrogens is 228 g/mol. The molecule has 1 N–H and O–H groups in total. The second-order valence-electron chi connectivity index (χ2n) is 4.31. The summed E-state index contributed by atoms with van der Waals surface area (Å²) in [5, 5.41) is 3.41. The van der Waals surface area contributed by atoms with Crippen molar-refractivity contribution in [3.63, 3.8) is 0 Å². The Morgan fingerprint density at radius 1 is 1.41 bits per heavy atom. The SMILES string of the molecule is CCc1s[c]nc1-c1cccc(NC(C)C)c1. The summed E-state index contributed by atoms with van der Waals surface area (Å²) in [4.78, 5) is 5.64. The zero-order chi connectivity index (χ0) is 12.3. The van der Waals surface area contributed by atoms with Crippen molar-refractivity contribution in [2.45, 2.75) is 33.2 Å². The Hall–Kier alpha value is -1.35. The summed E-state index contributed by atoms with van der Waals surface area (Å²) >= 11 is 1.61. The highest BCUT2D eigenvalue weighted by Crippen LogP contribution is 2.27. The number of anilines is 1. The first-order valence-corrected chi connectivity index (χ1v) is 6.75. The second-order valence-corrected chi connectivity index (χ2v) is 5.19. The fourth-order valence-electron chi connectivity index (χ4n) is 1.79. The van der Waals surface area contributed by atoms with Crippen molar-refractivity contribution in [2.24, 2.45) is 0 Å². The van der Waals surface area contributed by atoms with Crippen LogP contribution in [0.25, 0.3) is 11.3 Å². The summed E-state index contributed by atoms with van der Waals surface area (Å²) in [5.41, 5.74) is 6.37. The van der Waals surface area contributed by atoms with Crippen LogP contribution in [0.1, 0.15) is 25.6 Å². The molecule has 2 nitrogen and oxygen atoms in total. The van der Waals surface area contributed by atoms with E-state index in [1.165, 1.54) is 10.4 Å². The maximum Gasteiger partial charge on any atom is 0.153 e. The van der Waals surface area contributed by atoms with Crippen LogP contribution in [0.5, 0.6) is 0 Å². The van der Waals surface area contributed by atoms with E-state index >= 15 is 0 Å². The van der Waals surface area contributed by atoms with E-state index in [9.17, 15) is 0 Å². The summed E-state index contributed by atoms with van der Waals surface area (Å²) in [7, 11) is 0. The Kier molecular flexibility index (Phi) is 3.79. The van der Waals surface area contributed by atoms with Crippen LogP contribution >= 0.6 is 11.3 Å². The highest BCUT2D eigenvalue weighted by atomic mass is 32.1. The molecule has 0 atom stereocenters. The Labute approximate surface area is 107 Å². The number of nitrogens with zero attached hydrogens (tertiary/aromatic N) is 1. The van der Waals surface area contributed by atoms with Gasteiger partial charge in [-0.3, -0.25) is 0 Å². The van der Waals surface area contributed by atoms with Crippen molar-refractivity contribution in [1.82, 2.24) is 4.98 Å². The van der Waals surface area contributed by atoms with Gasteiger partial charge in [0.05, 0.1) is 5.69 Å². The molecule has 0 aliphatic carbocycles. The largest absolute Gasteiger partial charge is 0.383 e. The first kappa shape index (κ1) is 12.1. The van der Waals surface area contributed by atoms with Crippen molar-refractivity contribution < 1.29 is 0 Å². The molecule has 0 unspecified atom stereocenters. The summed E-state index contributed by atoms with van der Waals surface area (Å²) in [5.74, 6) is 0. The number of aryl methyl sites for hydroxylation is 1. The van der Waals surface area contributed by atoms with Crippen LogP contribution in [0.3, 0.4) is 0 Å². The van der Waals surface area contributed by atoms with Gasteiger partial charge in [0.1, 0.15) is 0 Å². The third-order valence-corrected chi connectivity index (χ3v) is 3.41. The van der Waals surface area contributed by atoms with E-state index in [-0.39, 0.29) is 0 Å². The van der Waals surface area contributed by atoms with Crippen LogP contribution in [0.4, 0.5) is 5.69 Å². The van der Waals surface area contributed by atoms with Gasteiger partial charge in [-0.25, -0.2) is 4.98 Å². The normalized spacial score (nSPS) is 10.8. The van der Waals surface area contributed by atoms with Gasteiger partial charge in [-0.1, -0.05) is 19.1 Å². The Bertz CT molecular complexity index is 488. The first-order chi connectivity index (χ1) is 8.20. The minimum absolute atomic E-state index is 0.442. The van der Waals surface area contributed by atoms with Gasteiger partial charge in [0.25, 0.3) is 0 Å². The summed E-state index contributed by atoms with van der Waals surface area (Å²) in [6, 6.07) is 8.86. The lowest BCUT2D eigenvalue weighted by Gasteiger charge is -2.11. The number of thiazole rings is 1. The predicted octanol–water partition coefficient (Wildman–Crippen LogP) is 3.99. The molecule has 0 aliphatic heterocycles. The van der Waals surface area contributed by atoms with E-state index in [0.29, 0.717) is 6.04 Å². The Balaban J connectivity index is 2.33. The summed E-state index contributed by atoms with van der Waals surface area (Å²) in [6.45, 7) is 6.43. The average Bonchev–Trinajstić information content (AvgIpc) is 2.76. The lowest BCUT2D eigenvalue weighted by atomic mass is 10.1. The van der Waals surface area contributed by atoms with Crippen molar-refractivity contribution in [3.05, 3.63) is 34.7 Å². The van der Waals surface area contributed by atoms with Crippen LogP contribution in [-0.2, 0) is 6.42 Å². The fourth-order valence-corrected chi connectivity index (χ4v) is 2.44. The maximum absolute atomic E-state index is 4.34. The van der Waals surface area contributed by atoms with Crippen molar-refractivity contribution in [3.8, 4) is 11.3 Å². The van der Waals surface area contributed by atoms with Crippen molar-refractivity contribution >= 4 is 17.0 Å². The molecule has 0 amide bonds. The smallest absolute Gasteiger partial charge is 0.153 e. The molecule has 0 saturated heterocycles. The van der Waals surface area contributed by atoms with Crippen molar-refractivity contribution in [1.29, 1.82) is 0 Å². The third-order valence-electron chi connectivity index (χ3n) is 2.50. The molecule has 1 heterocycles. The van der Waals surface area contributed by atoms with E-state index < -0.39 is 0 Å². The quantitative estimate of drug-likeness (QED) is 0.881. The van der Waals surface area contributed by atoms with Crippen LogP contribution < -0.4 is 5.32 Å². The number of rotatable bonds is 4. The standard InChI is InChI=1S/C14H17N2S/c1-4-13-14(15-9-17-13)11-6-5-7-12(8-11)16-10(2)3/h5-8,10,16H,4H2,1-3H3. The minimum Gasteiger partial charge on any atom is -0.383 e. The average molecular weight is 245 g/mol. The van der Waals surface area contributed by atoms with Gasteiger partial charge in [0.2, 0.25) is 0 Å². The third kappa shape index (κ3) is 2.86. The molecule has 89 valence electrons. The lowest BCUT2D eigenvalue weighted by molar-refractivity contribution is 0.900. The van der Waals surface area contributed by atoms with Gasteiger partial charge in [0, 0.05) is 22.2 Å². The van der Waals surface area contributed by atoms with E-state index in [1.54, 1.807) is 11.3 Å². The molecule has 0 saturated carbocycles. The van der Waals surface area contributed by atoms with Crippen LogP contribution in [0, 0.1) is 5.51 Å². The highest BCUT2D eigenvalue weighted by Gasteiger charge is 2.08. The zero-order valence-electron chi connectivity index (χ0n) is 10.4. The molecular formula is C14H17N2S. The van der Waals surface area contributed by atoms with Crippen LogP contribution in [-0.4, -0.2) is 11.0 Å². The molecule has 2 aromatic rings. The molecule has 3 heteroatoms. The molecule has 2 rings (SSSR count). The number of hydrogen-bond donors (Lipinski definition) is 1. The van der Waals surface area contributed by atoms with Gasteiger partial charge in [-0.2, -0.15) is 0 Å². The zero-order valence-corrected chi connectivity index (χ0v) is 11.3. The summed E-state index contributed by atoms with van der Waals surface area (Å²) < 4.78 is 0. The lowest BCUT2D eigenvalue weighted by Crippen LogP contribution is -2.09. The fraction of sp³-hybridized carbons (Fsp3) is 0.357. The van der Waals surface area contributed by atoms with E-state index in [0.717, 1.165) is 17.8 Å². The predicted molar refractivity (Wildman–Crippen MR) is 74.5 cm³/mol. The van der Waals surface area contributed by atoms with E-state index in [4.69, 9.17) is 0 Å².